The number of carbonyl (C=O) groups excluding carboxylic acids is 1. The minimum Gasteiger partial charge on any atom is -0.468 e. The van der Waals surface area contributed by atoms with Crippen molar-refractivity contribution in [3.63, 3.8) is 0 Å². The van der Waals surface area contributed by atoms with Crippen molar-refractivity contribution >= 4 is 28.5 Å². The molecule has 4 aromatic rings. The molecule has 5 rings (SSSR count). The Balaban J connectivity index is 1.45. The highest BCUT2D eigenvalue weighted by atomic mass is 16.5. The third-order valence-corrected chi connectivity index (χ3v) is 6.10. The van der Waals surface area contributed by atoms with Gasteiger partial charge in [-0.2, -0.15) is 0 Å². The molecule has 34 heavy (non-hydrogen) atoms. The predicted octanol–water partition coefficient (Wildman–Crippen LogP) is 3.01. The number of aliphatic hydroxyl groups excluding tert-OH is 1. The number of aromatic nitrogens is 3. The molecule has 2 N–H and O–H groups in total. The molecule has 0 bridgehead atoms. The van der Waals surface area contributed by atoms with Gasteiger partial charge in [0.15, 0.2) is 5.82 Å². The van der Waals surface area contributed by atoms with Crippen LogP contribution in [0.5, 0.6) is 0 Å². The molecule has 3 heterocycles. The molecule has 2 aromatic heterocycles. The van der Waals surface area contributed by atoms with Crippen LogP contribution in [0.25, 0.3) is 22.2 Å². The summed E-state index contributed by atoms with van der Waals surface area (Å²) in [6, 6.07) is 17.9. The summed E-state index contributed by atoms with van der Waals surface area (Å²) in [4.78, 5) is 27.6. The first-order chi connectivity index (χ1) is 16.7. The molecule has 0 amide bonds. The summed E-state index contributed by atoms with van der Waals surface area (Å²) in [5.74, 6) is 0.264. The molecule has 1 atom stereocenters. The van der Waals surface area contributed by atoms with Crippen LogP contribution in [-0.4, -0.2) is 52.3 Å². The maximum absolute atomic E-state index is 11.7. The summed E-state index contributed by atoms with van der Waals surface area (Å²) in [6.45, 7) is 0.808. The van der Waals surface area contributed by atoms with Crippen LogP contribution >= 0.6 is 0 Å². The summed E-state index contributed by atoms with van der Waals surface area (Å²) in [7, 11) is 1.29. The molecule has 0 unspecified atom stereocenters. The topological polar surface area (TPSA) is 100 Å². The largest absolute Gasteiger partial charge is 0.468 e. The van der Waals surface area contributed by atoms with E-state index in [1.165, 1.54) is 23.8 Å². The third kappa shape index (κ3) is 4.09. The number of aliphatic hydroxyl groups is 1. The summed E-state index contributed by atoms with van der Waals surface area (Å²) in [5.41, 5.74) is 7.16. The number of nitrogens with one attached hydrogen (secondary N) is 1. The van der Waals surface area contributed by atoms with Gasteiger partial charge in [-0.25, -0.2) is 9.97 Å². The second-order valence-electron chi connectivity index (χ2n) is 8.12. The van der Waals surface area contributed by atoms with Crippen molar-refractivity contribution in [2.24, 2.45) is 0 Å². The lowest BCUT2D eigenvalue weighted by atomic mass is 9.98. The van der Waals surface area contributed by atoms with Crippen LogP contribution in [0.1, 0.15) is 11.1 Å². The molecular formula is C26H25N5O3. The number of anilines is 2. The molecule has 0 radical (unpaired) electrons. The van der Waals surface area contributed by atoms with Gasteiger partial charge in [0.25, 0.3) is 0 Å². The average molecular weight is 456 g/mol. The third-order valence-electron chi connectivity index (χ3n) is 6.10. The molecule has 0 spiro atoms. The van der Waals surface area contributed by atoms with E-state index >= 15 is 0 Å². The fourth-order valence-electron chi connectivity index (χ4n) is 4.41. The van der Waals surface area contributed by atoms with Crippen molar-refractivity contribution in [3.8, 4) is 11.1 Å². The number of fused-ring (bicyclic) bond motifs is 2. The SMILES string of the molecule is COC(=O)[C@@H](CO)NCc1cnc2c(N3CCc4c(-c5ccccc5)cccc43)ncnc2c1. The van der Waals surface area contributed by atoms with E-state index in [0.29, 0.717) is 6.54 Å². The van der Waals surface area contributed by atoms with Crippen molar-refractivity contribution in [2.45, 2.75) is 19.0 Å². The van der Waals surface area contributed by atoms with Crippen molar-refractivity contribution in [3.05, 3.63) is 78.2 Å². The second-order valence-corrected chi connectivity index (χ2v) is 8.12. The van der Waals surface area contributed by atoms with E-state index in [4.69, 9.17) is 4.74 Å². The van der Waals surface area contributed by atoms with E-state index in [1.807, 2.05) is 12.1 Å². The minimum absolute atomic E-state index is 0.343. The average Bonchev–Trinajstić information content (AvgIpc) is 3.33. The van der Waals surface area contributed by atoms with Crippen LogP contribution < -0.4 is 10.2 Å². The van der Waals surface area contributed by atoms with Crippen LogP contribution in [0.4, 0.5) is 11.5 Å². The Morgan fingerprint density at radius 1 is 1.15 bits per heavy atom. The molecule has 1 aliphatic heterocycles. The molecule has 1 aliphatic rings. The van der Waals surface area contributed by atoms with E-state index < -0.39 is 12.0 Å². The Hall–Kier alpha value is -3.88. The number of esters is 1. The van der Waals surface area contributed by atoms with Crippen molar-refractivity contribution in [1.82, 2.24) is 20.3 Å². The molecule has 0 saturated carbocycles. The normalized spacial score (nSPS) is 13.6. The fourth-order valence-corrected chi connectivity index (χ4v) is 4.41. The van der Waals surface area contributed by atoms with E-state index in [0.717, 1.165) is 41.1 Å². The Bertz CT molecular complexity index is 1330. The molecule has 8 nitrogen and oxygen atoms in total. The number of nitrogens with zero attached hydrogens (tertiary/aromatic N) is 4. The molecule has 172 valence electrons. The number of ether oxygens (including phenoxy) is 1. The van der Waals surface area contributed by atoms with E-state index in [9.17, 15) is 9.90 Å². The van der Waals surface area contributed by atoms with Gasteiger partial charge in [0, 0.05) is 25.0 Å². The number of pyridine rings is 1. The van der Waals surface area contributed by atoms with Gasteiger partial charge in [-0.1, -0.05) is 42.5 Å². The standard InChI is InChI=1S/C26H25N5O3/c1-34-26(33)22(15-32)27-13-17-12-21-24(28-14-17)25(30-16-29-21)31-11-10-20-19(8-5-9-23(20)31)18-6-3-2-4-7-18/h2-9,12,14,16,22,27,32H,10-11,13,15H2,1H3/t22-/m1/s1. The maximum atomic E-state index is 11.7. The quantitative estimate of drug-likeness (QED) is 0.410. The van der Waals surface area contributed by atoms with Gasteiger partial charge in [0.2, 0.25) is 0 Å². The van der Waals surface area contributed by atoms with Crippen LogP contribution in [-0.2, 0) is 22.5 Å². The van der Waals surface area contributed by atoms with Gasteiger partial charge in [-0.3, -0.25) is 15.1 Å². The van der Waals surface area contributed by atoms with Crippen LogP contribution in [0.3, 0.4) is 0 Å². The van der Waals surface area contributed by atoms with Gasteiger partial charge < -0.3 is 14.7 Å². The molecule has 0 aliphatic carbocycles. The number of benzene rings is 2. The predicted molar refractivity (Wildman–Crippen MR) is 130 cm³/mol. The Morgan fingerprint density at radius 3 is 2.79 bits per heavy atom. The van der Waals surface area contributed by atoms with Gasteiger partial charge in [0.05, 0.1) is 19.2 Å². The van der Waals surface area contributed by atoms with E-state index in [1.54, 1.807) is 12.5 Å². The van der Waals surface area contributed by atoms with Gasteiger partial charge in [-0.15, -0.1) is 0 Å². The second kappa shape index (κ2) is 9.54. The molecule has 0 saturated heterocycles. The summed E-state index contributed by atoms with van der Waals surface area (Å²) >= 11 is 0. The minimum atomic E-state index is -0.790. The number of methoxy groups -OCH3 is 1. The molecule has 2 aromatic carbocycles. The number of hydrogen-bond acceptors (Lipinski definition) is 8. The van der Waals surface area contributed by atoms with Crippen molar-refractivity contribution < 1.29 is 14.6 Å². The lowest BCUT2D eigenvalue weighted by Crippen LogP contribution is -2.40. The highest BCUT2D eigenvalue weighted by Gasteiger charge is 2.26. The van der Waals surface area contributed by atoms with Gasteiger partial charge in [-0.05, 0) is 40.8 Å². The summed E-state index contributed by atoms with van der Waals surface area (Å²) in [6.07, 6.45) is 4.22. The van der Waals surface area contributed by atoms with Gasteiger partial charge >= 0.3 is 5.97 Å². The number of hydrogen-bond donors (Lipinski definition) is 2. The smallest absolute Gasteiger partial charge is 0.325 e. The number of rotatable bonds is 7. The Morgan fingerprint density at radius 2 is 2.00 bits per heavy atom. The van der Waals surface area contributed by atoms with Crippen LogP contribution in [0.15, 0.2) is 67.1 Å². The maximum Gasteiger partial charge on any atom is 0.325 e. The van der Waals surface area contributed by atoms with E-state index in [2.05, 4.69) is 67.6 Å². The zero-order valence-electron chi connectivity index (χ0n) is 18.8. The number of carbonyl (C=O) groups is 1. The van der Waals surface area contributed by atoms with Crippen molar-refractivity contribution in [1.29, 1.82) is 0 Å². The molecular weight excluding hydrogens is 430 g/mol. The zero-order chi connectivity index (χ0) is 23.5. The summed E-state index contributed by atoms with van der Waals surface area (Å²) in [5, 5.41) is 12.4. The highest BCUT2D eigenvalue weighted by Crippen LogP contribution is 2.40. The first-order valence-electron chi connectivity index (χ1n) is 11.2. The van der Waals surface area contributed by atoms with Crippen LogP contribution in [0.2, 0.25) is 0 Å². The molecule has 8 heteroatoms. The zero-order valence-corrected chi connectivity index (χ0v) is 18.8. The fraction of sp³-hybridized carbons (Fsp3) is 0.231. The van der Waals surface area contributed by atoms with Gasteiger partial charge in [0.1, 0.15) is 17.9 Å². The Labute approximate surface area is 197 Å². The summed E-state index contributed by atoms with van der Waals surface area (Å²) < 4.78 is 4.70. The molecule has 0 fully saturated rings. The lowest BCUT2D eigenvalue weighted by molar-refractivity contribution is -0.144. The van der Waals surface area contributed by atoms with Crippen LogP contribution in [0, 0.1) is 0 Å². The lowest BCUT2D eigenvalue weighted by Gasteiger charge is -2.20. The Kier molecular flexibility index (Phi) is 6.16. The first kappa shape index (κ1) is 21.9. The monoisotopic (exact) mass is 455 g/mol. The first-order valence-corrected chi connectivity index (χ1v) is 11.2. The van der Waals surface area contributed by atoms with Crippen molar-refractivity contribution in [2.75, 3.05) is 25.2 Å². The highest BCUT2D eigenvalue weighted by molar-refractivity contribution is 5.90. The van der Waals surface area contributed by atoms with E-state index in [-0.39, 0.29) is 6.61 Å².